The van der Waals surface area contributed by atoms with Crippen molar-refractivity contribution in [2.45, 2.75) is 25.5 Å². The lowest BCUT2D eigenvalue weighted by atomic mass is 9.95. The number of carbonyl (C=O) groups excluding carboxylic acids is 1. The van der Waals surface area contributed by atoms with Gasteiger partial charge in [0.25, 0.3) is 0 Å². The quantitative estimate of drug-likeness (QED) is 0.596. The Labute approximate surface area is 179 Å². The maximum absolute atomic E-state index is 13.5. The normalized spacial score (nSPS) is 17.3. The van der Waals surface area contributed by atoms with Gasteiger partial charge in [-0.25, -0.2) is 0 Å². The van der Waals surface area contributed by atoms with E-state index in [0.717, 1.165) is 28.3 Å². The predicted molar refractivity (Wildman–Crippen MR) is 116 cm³/mol. The zero-order valence-electron chi connectivity index (χ0n) is 16.6. The number of hydrogen-bond donors (Lipinski definition) is 0. The lowest BCUT2D eigenvalue weighted by Gasteiger charge is -2.29. The van der Waals surface area contributed by atoms with Crippen molar-refractivity contribution in [3.05, 3.63) is 76.0 Å². The number of fused-ring (bicyclic) bond motifs is 2. The highest BCUT2D eigenvalue weighted by Crippen LogP contribution is 2.36. The number of thiophene rings is 1. The molecular formula is C24H23NO4S. The van der Waals surface area contributed by atoms with Crippen LogP contribution in [0.3, 0.4) is 0 Å². The number of nitrogens with zero attached hydrogens (tertiary/aromatic N) is 1. The van der Waals surface area contributed by atoms with E-state index < -0.39 is 0 Å². The number of rotatable bonds is 5. The van der Waals surface area contributed by atoms with Gasteiger partial charge in [0.1, 0.15) is 13.2 Å². The molecule has 2 aromatic carbocycles. The molecule has 6 heteroatoms. The second-order valence-corrected chi connectivity index (χ2v) is 8.43. The van der Waals surface area contributed by atoms with E-state index in [1.54, 1.807) is 11.3 Å². The average molecular weight is 422 g/mol. The molecule has 3 aromatic rings. The standard InChI is InChI=1S/C24H23NO4S/c26-24(15-22-20-6-2-1-4-17(20)9-10-27-22)25(16-19-5-3-13-30-19)18-7-8-21-23(14-18)29-12-11-28-21/h1-8,13-14,22H,9-12,15-16H2. The van der Waals surface area contributed by atoms with Gasteiger partial charge in [0.2, 0.25) is 5.91 Å². The van der Waals surface area contributed by atoms with E-state index in [0.29, 0.717) is 38.5 Å². The summed E-state index contributed by atoms with van der Waals surface area (Å²) in [6, 6.07) is 18.0. The number of benzene rings is 2. The minimum atomic E-state index is -0.217. The van der Waals surface area contributed by atoms with Crippen LogP contribution in [0.25, 0.3) is 0 Å². The highest BCUT2D eigenvalue weighted by Gasteiger charge is 2.27. The van der Waals surface area contributed by atoms with Gasteiger partial charge < -0.3 is 19.1 Å². The Kier molecular flexibility index (Phi) is 5.43. The first-order valence-corrected chi connectivity index (χ1v) is 11.1. The Hall–Kier alpha value is -2.83. The fraction of sp³-hybridized carbons (Fsp3) is 0.292. The first kappa shape index (κ1) is 19.2. The van der Waals surface area contributed by atoms with Gasteiger partial charge >= 0.3 is 0 Å². The fourth-order valence-electron chi connectivity index (χ4n) is 4.00. The summed E-state index contributed by atoms with van der Waals surface area (Å²) < 4.78 is 17.4. The molecule has 0 N–H and O–H groups in total. The van der Waals surface area contributed by atoms with Crippen LogP contribution in [0.2, 0.25) is 0 Å². The van der Waals surface area contributed by atoms with Crippen molar-refractivity contribution in [2.24, 2.45) is 0 Å². The molecule has 0 radical (unpaired) electrons. The van der Waals surface area contributed by atoms with Gasteiger partial charge in [-0.1, -0.05) is 30.3 Å². The predicted octanol–water partition coefficient (Wildman–Crippen LogP) is 4.76. The molecule has 3 heterocycles. The smallest absolute Gasteiger partial charge is 0.230 e. The van der Waals surface area contributed by atoms with Crippen molar-refractivity contribution in [1.29, 1.82) is 0 Å². The van der Waals surface area contributed by atoms with E-state index in [4.69, 9.17) is 14.2 Å². The second-order valence-electron chi connectivity index (χ2n) is 7.40. The Bertz CT molecular complexity index is 1030. The van der Waals surface area contributed by atoms with Gasteiger partial charge in [-0.05, 0) is 41.1 Å². The van der Waals surface area contributed by atoms with Gasteiger partial charge in [-0.15, -0.1) is 11.3 Å². The minimum absolute atomic E-state index is 0.0294. The van der Waals surface area contributed by atoms with E-state index in [1.807, 2.05) is 46.7 Å². The van der Waals surface area contributed by atoms with Crippen LogP contribution < -0.4 is 14.4 Å². The molecule has 0 saturated heterocycles. The molecule has 30 heavy (non-hydrogen) atoms. The summed E-state index contributed by atoms with van der Waals surface area (Å²) in [5.41, 5.74) is 3.20. The van der Waals surface area contributed by atoms with Crippen molar-refractivity contribution in [1.82, 2.24) is 0 Å². The maximum Gasteiger partial charge on any atom is 0.230 e. The second kappa shape index (κ2) is 8.50. The summed E-state index contributed by atoms with van der Waals surface area (Å²) >= 11 is 1.65. The van der Waals surface area contributed by atoms with Crippen molar-refractivity contribution < 1.29 is 19.0 Å². The van der Waals surface area contributed by atoms with Crippen molar-refractivity contribution in [3.8, 4) is 11.5 Å². The third-order valence-electron chi connectivity index (χ3n) is 5.48. The highest BCUT2D eigenvalue weighted by molar-refractivity contribution is 7.09. The van der Waals surface area contributed by atoms with Crippen LogP contribution in [0.15, 0.2) is 60.0 Å². The summed E-state index contributed by atoms with van der Waals surface area (Å²) in [5, 5.41) is 2.03. The van der Waals surface area contributed by atoms with Gasteiger partial charge in [-0.3, -0.25) is 4.79 Å². The summed E-state index contributed by atoms with van der Waals surface area (Å²) in [4.78, 5) is 16.4. The van der Waals surface area contributed by atoms with Crippen molar-refractivity contribution >= 4 is 22.9 Å². The third-order valence-corrected chi connectivity index (χ3v) is 6.35. The first-order chi connectivity index (χ1) is 14.8. The number of ether oxygens (including phenoxy) is 3. The van der Waals surface area contributed by atoms with E-state index >= 15 is 0 Å². The van der Waals surface area contributed by atoms with Crippen molar-refractivity contribution in [3.63, 3.8) is 0 Å². The summed E-state index contributed by atoms with van der Waals surface area (Å²) in [5.74, 6) is 1.43. The molecule has 1 unspecified atom stereocenters. The third kappa shape index (κ3) is 3.93. The van der Waals surface area contributed by atoms with Crippen LogP contribution in [-0.4, -0.2) is 25.7 Å². The molecule has 154 valence electrons. The Morgan fingerprint density at radius 2 is 1.87 bits per heavy atom. The number of hydrogen-bond acceptors (Lipinski definition) is 5. The first-order valence-electron chi connectivity index (χ1n) is 10.2. The largest absolute Gasteiger partial charge is 0.486 e. The summed E-state index contributed by atoms with van der Waals surface area (Å²) in [7, 11) is 0. The molecule has 5 rings (SSSR count). The summed E-state index contributed by atoms with van der Waals surface area (Å²) in [6.45, 7) is 2.22. The zero-order valence-corrected chi connectivity index (χ0v) is 17.4. The van der Waals surface area contributed by atoms with Crippen LogP contribution in [0.5, 0.6) is 11.5 Å². The van der Waals surface area contributed by atoms with E-state index in [9.17, 15) is 4.79 Å². The average Bonchev–Trinajstić information content (AvgIpc) is 3.31. The van der Waals surface area contributed by atoms with Crippen molar-refractivity contribution in [2.75, 3.05) is 24.7 Å². The zero-order chi connectivity index (χ0) is 20.3. The lowest BCUT2D eigenvalue weighted by molar-refractivity contribution is -0.122. The monoisotopic (exact) mass is 421 g/mol. The molecular weight excluding hydrogens is 398 g/mol. The molecule has 0 saturated carbocycles. The van der Waals surface area contributed by atoms with Crippen LogP contribution in [-0.2, 0) is 22.5 Å². The van der Waals surface area contributed by atoms with Crippen LogP contribution in [0.4, 0.5) is 5.69 Å². The Balaban J connectivity index is 1.43. The highest BCUT2D eigenvalue weighted by atomic mass is 32.1. The maximum atomic E-state index is 13.5. The molecule has 0 aliphatic carbocycles. The molecule has 0 bridgehead atoms. The van der Waals surface area contributed by atoms with Gasteiger partial charge in [0, 0.05) is 16.6 Å². The van der Waals surface area contributed by atoms with E-state index in [2.05, 4.69) is 18.2 Å². The van der Waals surface area contributed by atoms with Gasteiger partial charge in [-0.2, -0.15) is 0 Å². The summed E-state index contributed by atoms with van der Waals surface area (Å²) in [6.07, 6.45) is 0.976. The van der Waals surface area contributed by atoms with E-state index in [-0.39, 0.29) is 12.0 Å². The number of amides is 1. The van der Waals surface area contributed by atoms with Crippen LogP contribution in [0.1, 0.15) is 28.5 Å². The molecule has 2 aliphatic heterocycles. The Morgan fingerprint density at radius 1 is 1.00 bits per heavy atom. The fourth-order valence-corrected chi connectivity index (χ4v) is 4.69. The molecule has 1 aromatic heterocycles. The SMILES string of the molecule is O=C(CC1OCCc2ccccc21)N(Cc1cccs1)c1ccc2c(c1)OCCO2. The molecule has 0 spiro atoms. The molecule has 1 atom stereocenters. The molecule has 5 nitrogen and oxygen atoms in total. The van der Waals surface area contributed by atoms with Crippen LogP contribution in [0, 0.1) is 0 Å². The lowest BCUT2D eigenvalue weighted by Crippen LogP contribution is -2.32. The topological polar surface area (TPSA) is 48.0 Å². The number of carbonyl (C=O) groups is 1. The van der Waals surface area contributed by atoms with Crippen LogP contribution >= 0.6 is 11.3 Å². The van der Waals surface area contributed by atoms with E-state index in [1.165, 1.54) is 5.56 Å². The molecule has 0 fully saturated rings. The Morgan fingerprint density at radius 3 is 2.73 bits per heavy atom. The number of anilines is 1. The van der Waals surface area contributed by atoms with Gasteiger partial charge in [0.05, 0.1) is 25.7 Å². The van der Waals surface area contributed by atoms with Gasteiger partial charge in [0.15, 0.2) is 11.5 Å². The molecule has 1 amide bonds. The molecule has 2 aliphatic rings. The minimum Gasteiger partial charge on any atom is -0.486 e.